The number of carbonyl (C=O) groups is 2. The van der Waals surface area contributed by atoms with Crippen LogP contribution in [0, 0.1) is 11.8 Å². The largest absolute Gasteiger partial charge is 0.383 e. The summed E-state index contributed by atoms with van der Waals surface area (Å²) in [4.78, 5) is 24.0. The topological polar surface area (TPSA) is 67.4 Å². The first-order valence-electron chi connectivity index (χ1n) is 8.01. The van der Waals surface area contributed by atoms with Gasteiger partial charge in [0.25, 0.3) is 0 Å². The van der Waals surface area contributed by atoms with Crippen LogP contribution >= 0.6 is 0 Å². The molecule has 0 bridgehead atoms. The predicted molar refractivity (Wildman–Crippen MR) is 90.3 cm³/mol. The number of hydrogen-bond donors (Lipinski definition) is 2. The lowest BCUT2D eigenvalue weighted by molar-refractivity contribution is -0.125. The molecule has 2 rings (SSSR count). The molecule has 2 unspecified atom stereocenters. The van der Waals surface area contributed by atoms with Crippen LogP contribution in [0.5, 0.6) is 0 Å². The normalized spacial score (nSPS) is 20.0. The van der Waals surface area contributed by atoms with Crippen LogP contribution in [0.3, 0.4) is 0 Å². The molecule has 1 aromatic rings. The zero-order valence-electron chi connectivity index (χ0n) is 14.3. The van der Waals surface area contributed by atoms with Gasteiger partial charge in [-0.25, -0.2) is 0 Å². The van der Waals surface area contributed by atoms with E-state index in [-0.39, 0.29) is 29.1 Å². The fourth-order valence-electron chi connectivity index (χ4n) is 2.47. The van der Waals surface area contributed by atoms with Crippen molar-refractivity contribution in [3.05, 3.63) is 29.8 Å². The van der Waals surface area contributed by atoms with E-state index in [2.05, 4.69) is 31.4 Å². The zero-order chi connectivity index (χ0) is 17.0. The third kappa shape index (κ3) is 4.79. The molecule has 0 spiro atoms. The number of carbonyl (C=O) groups excluding carboxylic acids is 2. The van der Waals surface area contributed by atoms with Crippen molar-refractivity contribution in [2.45, 2.75) is 32.6 Å². The van der Waals surface area contributed by atoms with Crippen LogP contribution in [0.4, 0.5) is 5.69 Å². The van der Waals surface area contributed by atoms with Crippen molar-refractivity contribution >= 4 is 17.5 Å². The Morgan fingerprint density at radius 2 is 1.74 bits per heavy atom. The Bertz CT molecular complexity index is 561. The molecular formula is C18H26N2O3. The smallest absolute Gasteiger partial charge is 0.228 e. The van der Waals surface area contributed by atoms with E-state index in [0.717, 1.165) is 5.69 Å². The van der Waals surface area contributed by atoms with Gasteiger partial charge in [0.2, 0.25) is 11.8 Å². The van der Waals surface area contributed by atoms with Crippen molar-refractivity contribution in [2.75, 3.05) is 25.6 Å². The van der Waals surface area contributed by atoms with Crippen LogP contribution in [-0.4, -0.2) is 32.1 Å². The molecule has 0 saturated heterocycles. The van der Waals surface area contributed by atoms with Crippen LogP contribution in [0.1, 0.15) is 32.8 Å². The summed E-state index contributed by atoms with van der Waals surface area (Å²) >= 11 is 0. The average molecular weight is 318 g/mol. The molecule has 1 aromatic carbocycles. The fraction of sp³-hybridized carbons (Fsp3) is 0.556. The summed E-state index contributed by atoms with van der Waals surface area (Å²) in [6.45, 7) is 7.41. The molecule has 1 saturated carbocycles. The summed E-state index contributed by atoms with van der Waals surface area (Å²) in [5, 5.41) is 5.67. The fourth-order valence-corrected chi connectivity index (χ4v) is 2.47. The van der Waals surface area contributed by atoms with E-state index in [1.807, 2.05) is 24.3 Å². The third-order valence-electron chi connectivity index (χ3n) is 4.09. The highest BCUT2D eigenvalue weighted by atomic mass is 16.5. The highest BCUT2D eigenvalue weighted by Crippen LogP contribution is 2.39. The molecule has 5 nitrogen and oxygen atoms in total. The van der Waals surface area contributed by atoms with Gasteiger partial charge >= 0.3 is 0 Å². The van der Waals surface area contributed by atoms with Gasteiger partial charge in [-0.05, 0) is 29.5 Å². The Hall–Kier alpha value is -1.88. The Kier molecular flexibility index (Phi) is 5.42. The van der Waals surface area contributed by atoms with E-state index in [4.69, 9.17) is 4.74 Å². The van der Waals surface area contributed by atoms with Gasteiger partial charge in [0, 0.05) is 19.3 Å². The number of amides is 2. The monoisotopic (exact) mass is 318 g/mol. The summed E-state index contributed by atoms with van der Waals surface area (Å²) < 4.78 is 4.89. The maximum Gasteiger partial charge on any atom is 0.228 e. The average Bonchev–Trinajstić information content (AvgIpc) is 3.27. The van der Waals surface area contributed by atoms with Crippen LogP contribution < -0.4 is 10.6 Å². The van der Waals surface area contributed by atoms with Gasteiger partial charge < -0.3 is 15.4 Å². The van der Waals surface area contributed by atoms with Crippen molar-refractivity contribution in [2.24, 2.45) is 11.8 Å². The van der Waals surface area contributed by atoms with E-state index in [1.165, 1.54) is 5.56 Å². The van der Waals surface area contributed by atoms with Gasteiger partial charge in [-0.2, -0.15) is 0 Å². The molecular weight excluding hydrogens is 292 g/mol. The lowest BCUT2D eigenvalue weighted by atomic mass is 9.87. The third-order valence-corrected chi connectivity index (χ3v) is 4.09. The van der Waals surface area contributed by atoms with Gasteiger partial charge in [-0.3, -0.25) is 9.59 Å². The van der Waals surface area contributed by atoms with Crippen molar-refractivity contribution in [1.82, 2.24) is 5.32 Å². The van der Waals surface area contributed by atoms with Gasteiger partial charge in [0.05, 0.1) is 18.4 Å². The first-order chi connectivity index (χ1) is 10.8. The second kappa shape index (κ2) is 7.13. The zero-order valence-corrected chi connectivity index (χ0v) is 14.3. The van der Waals surface area contributed by atoms with Crippen molar-refractivity contribution < 1.29 is 14.3 Å². The maximum atomic E-state index is 12.2. The predicted octanol–water partition coefficient (Wildman–Crippen LogP) is 2.32. The van der Waals surface area contributed by atoms with E-state index in [0.29, 0.717) is 19.6 Å². The minimum absolute atomic E-state index is 0.0646. The Morgan fingerprint density at radius 3 is 2.30 bits per heavy atom. The van der Waals surface area contributed by atoms with Crippen LogP contribution in [0.15, 0.2) is 24.3 Å². The molecule has 0 aromatic heterocycles. The number of hydrogen-bond acceptors (Lipinski definition) is 3. The van der Waals surface area contributed by atoms with E-state index in [1.54, 1.807) is 7.11 Å². The second-order valence-corrected chi connectivity index (χ2v) is 7.05. The summed E-state index contributed by atoms with van der Waals surface area (Å²) in [6, 6.07) is 7.87. The molecule has 5 heteroatoms. The molecule has 2 amide bonds. The molecule has 1 aliphatic carbocycles. The number of ether oxygens (including phenoxy) is 1. The molecule has 2 atom stereocenters. The highest BCUT2D eigenvalue weighted by Gasteiger charge is 2.47. The summed E-state index contributed by atoms with van der Waals surface area (Å²) in [6.07, 6.45) is 0.616. The Balaban J connectivity index is 1.83. The first-order valence-corrected chi connectivity index (χ1v) is 8.01. The number of benzene rings is 1. The SMILES string of the molecule is COCCNC(=O)C1CC1C(=O)Nc1ccc(C(C)(C)C)cc1. The molecule has 1 fully saturated rings. The molecule has 0 aliphatic heterocycles. The maximum absolute atomic E-state index is 12.2. The first kappa shape index (κ1) is 17.5. The standard InChI is InChI=1S/C18H26N2O3/c1-18(2,3)12-5-7-13(8-6-12)20-17(22)15-11-14(15)16(21)19-9-10-23-4/h5-8,14-15H,9-11H2,1-4H3,(H,19,21)(H,20,22). The van der Waals surface area contributed by atoms with Gasteiger partial charge in [-0.15, -0.1) is 0 Å². The number of methoxy groups -OCH3 is 1. The second-order valence-electron chi connectivity index (χ2n) is 7.05. The summed E-state index contributed by atoms with van der Waals surface area (Å²) in [5.41, 5.74) is 2.08. The molecule has 0 heterocycles. The molecule has 126 valence electrons. The quantitative estimate of drug-likeness (QED) is 0.791. The van der Waals surface area contributed by atoms with Crippen LogP contribution in [0.25, 0.3) is 0 Å². The lowest BCUT2D eigenvalue weighted by Crippen LogP contribution is -2.30. The summed E-state index contributed by atoms with van der Waals surface area (Å²) in [5.74, 6) is -0.578. The Morgan fingerprint density at radius 1 is 1.13 bits per heavy atom. The van der Waals surface area contributed by atoms with Gasteiger partial charge in [-0.1, -0.05) is 32.9 Å². The molecule has 1 aliphatic rings. The van der Waals surface area contributed by atoms with Gasteiger partial charge in [0.15, 0.2) is 0 Å². The number of anilines is 1. The molecule has 0 radical (unpaired) electrons. The lowest BCUT2D eigenvalue weighted by Gasteiger charge is -2.19. The molecule has 23 heavy (non-hydrogen) atoms. The molecule has 2 N–H and O–H groups in total. The van der Waals surface area contributed by atoms with Crippen LogP contribution in [0.2, 0.25) is 0 Å². The van der Waals surface area contributed by atoms with E-state index >= 15 is 0 Å². The van der Waals surface area contributed by atoms with Gasteiger partial charge in [0.1, 0.15) is 0 Å². The van der Waals surface area contributed by atoms with Crippen molar-refractivity contribution in [1.29, 1.82) is 0 Å². The number of nitrogens with one attached hydrogen (secondary N) is 2. The van der Waals surface area contributed by atoms with Crippen LogP contribution in [-0.2, 0) is 19.7 Å². The van der Waals surface area contributed by atoms with Crippen molar-refractivity contribution in [3.8, 4) is 0 Å². The minimum Gasteiger partial charge on any atom is -0.383 e. The van der Waals surface area contributed by atoms with E-state index < -0.39 is 0 Å². The van der Waals surface area contributed by atoms with E-state index in [9.17, 15) is 9.59 Å². The minimum atomic E-state index is -0.222. The van der Waals surface area contributed by atoms with Crippen molar-refractivity contribution in [3.63, 3.8) is 0 Å². The highest BCUT2D eigenvalue weighted by molar-refractivity contribution is 5.99. The number of rotatable bonds is 6. The summed E-state index contributed by atoms with van der Waals surface area (Å²) in [7, 11) is 1.59. The Labute approximate surface area is 137 Å².